The third-order valence-corrected chi connectivity index (χ3v) is 7.25. The predicted octanol–water partition coefficient (Wildman–Crippen LogP) is 10.1. The lowest BCUT2D eigenvalue weighted by molar-refractivity contribution is -0.596. The molecule has 0 spiro atoms. The molecular formula is C27H16F12NS+. The van der Waals surface area contributed by atoms with Crippen LogP contribution >= 0.6 is 11.3 Å². The first-order chi connectivity index (χ1) is 18.7. The van der Waals surface area contributed by atoms with Crippen LogP contribution in [0.3, 0.4) is 0 Å². The minimum atomic E-state index is -5.20. The average molecular weight is 614 g/mol. The van der Waals surface area contributed by atoms with Gasteiger partial charge < -0.3 is 0 Å². The van der Waals surface area contributed by atoms with Crippen molar-refractivity contribution < 1.29 is 57.3 Å². The van der Waals surface area contributed by atoms with Crippen molar-refractivity contribution in [3.63, 3.8) is 0 Å². The van der Waals surface area contributed by atoms with Crippen molar-refractivity contribution in [3.05, 3.63) is 92.9 Å². The average Bonchev–Trinajstić information content (AvgIpc) is 3.18. The highest BCUT2D eigenvalue weighted by atomic mass is 32.1. The van der Waals surface area contributed by atoms with Crippen molar-refractivity contribution in [2.24, 2.45) is 0 Å². The number of para-hydroxylation sites is 1. The summed E-state index contributed by atoms with van der Waals surface area (Å²) in [5, 5.41) is 0. The van der Waals surface area contributed by atoms with Gasteiger partial charge >= 0.3 is 24.7 Å². The molecule has 0 bridgehead atoms. The molecule has 0 aliphatic carbocycles. The van der Waals surface area contributed by atoms with E-state index in [1.165, 1.54) is 17.0 Å². The van der Waals surface area contributed by atoms with Crippen LogP contribution in [0.15, 0.2) is 60.1 Å². The van der Waals surface area contributed by atoms with E-state index in [1.54, 1.807) is 6.92 Å². The van der Waals surface area contributed by atoms with Crippen LogP contribution in [-0.2, 0) is 24.7 Å². The lowest BCUT2D eigenvalue weighted by Gasteiger charge is -2.17. The summed E-state index contributed by atoms with van der Waals surface area (Å²) < 4.78 is 165. The van der Waals surface area contributed by atoms with Crippen LogP contribution in [0.1, 0.15) is 32.8 Å². The van der Waals surface area contributed by atoms with E-state index in [9.17, 15) is 52.7 Å². The number of halogens is 12. The Labute approximate surface area is 228 Å². The summed E-state index contributed by atoms with van der Waals surface area (Å²) in [6.07, 6.45) is -20.8. The number of alkyl halides is 12. The van der Waals surface area contributed by atoms with Crippen molar-refractivity contribution >= 4 is 11.3 Å². The summed E-state index contributed by atoms with van der Waals surface area (Å²) >= 11 is 1.11. The van der Waals surface area contributed by atoms with E-state index >= 15 is 0 Å². The van der Waals surface area contributed by atoms with Gasteiger partial charge in [-0.2, -0.15) is 57.3 Å². The molecule has 0 aliphatic heterocycles. The largest absolute Gasteiger partial charge is 0.416 e. The van der Waals surface area contributed by atoms with Crippen molar-refractivity contribution in [1.82, 2.24) is 0 Å². The molecule has 0 saturated heterocycles. The van der Waals surface area contributed by atoms with Gasteiger partial charge in [0.05, 0.1) is 38.3 Å². The molecule has 0 atom stereocenters. The molecule has 218 valence electrons. The molecule has 41 heavy (non-hydrogen) atoms. The molecule has 4 rings (SSSR count). The molecule has 0 unspecified atom stereocenters. The fourth-order valence-electron chi connectivity index (χ4n) is 4.18. The Balaban J connectivity index is 2.15. The van der Waals surface area contributed by atoms with Crippen LogP contribution in [0, 0.1) is 13.8 Å². The maximum atomic E-state index is 13.6. The van der Waals surface area contributed by atoms with Crippen molar-refractivity contribution in [1.29, 1.82) is 0 Å². The van der Waals surface area contributed by atoms with Gasteiger partial charge in [-0.3, -0.25) is 0 Å². The third-order valence-electron chi connectivity index (χ3n) is 6.28. The number of aryl methyl sites for hydroxylation is 1. The Morgan fingerprint density at radius 2 is 0.878 bits per heavy atom. The van der Waals surface area contributed by atoms with Gasteiger partial charge in [0, 0.05) is 6.92 Å². The first kappa shape index (κ1) is 30.4. The van der Waals surface area contributed by atoms with E-state index in [2.05, 4.69) is 0 Å². The van der Waals surface area contributed by atoms with Gasteiger partial charge in [-0.25, -0.2) is 0 Å². The number of hydrogen-bond acceptors (Lipinski definition) is 1. The Morgan fingerprint density at radius 1 is 0.537 bits per heavy atom. The Morgan fingerprint density at radius 3 is 1.15 bits per heavy atom. The maximum absolute atomic E-state index is 13.6. The summed E-state index contributed by atoms with van der Waals surface area (Å²) in [4.78, 5) is 0.630. The zero-order valence-corrected chi connectivity index (χ0v) is 21.5. The standard InChI is InChI=1S/C27H16F12NS/c1-13-14(2)41-12-40(13)23-21(15-6-17(24(28,29)30)10-18(7-15)25(31,32)33)4-3-5-22(23)16-8-19(26(34,35)36)11-20(9-16)27(37,38)39/h3-12H,1-2H3/q+1. The highest BCUT2D eigenvalue weighted by molar-refractivity contribution is 7.09. The lowest BCUT2D eigenvalue weighted by Crippen LogP contribution is -2.33. The zero-order chi connectivity index (χ0) is 30.7. The first-order valence-corrected chi connectivity index (χ1v) is 12.3. The van der Waals surface area contributed by atoms with Crippen molar-refractivity contribution in [2.45, 2.75) is 38.6 Å². The van der Waals surface area contributed by atoms with Crippen LogP contribution in [0.5, 0.6) is 0 Å². The van der Waals surface area contributed by atoms with E-state index in [-0.39, 0.29) is 28.9 Å². The second-order valence-corrected chi connectivity index (χ2v) is 10.1. The van der Waals surface area contributed by atoms with Crippen LogP contribution in [0.25, 0.3) is 27.9 Å². The zero-order valence-electron chi connectivity index (χ0n) is 20.7. The maximum Gasteiger partial charge on any atom is 0.416 e. The Hall–Kier alpha value is -3.55. The SMILES string of the molecule is Cc1sc[n+](-c2c(-c3cc(C(F)(F)F)cc(C(F)(F)F)c3)cccc2-c2cc(C(F)(F)F)cc(C(F)(F)F)c2)c1C. The molecule has 0 radical (unpaired) electrons. The van der Waals surface area contributed by atoms with Gasteiger partial charge in [-0.15, -0.1) is 0 Å². The van der Waals surface area contributed by atoms with Crippen LogP contribution in [-0.4, -0.2) is 0 Å². The Kier molecular flexibility index (Phi) is 7.47. The van der Waals surface area contributed by atoms with Gasteiger partial charge in [0.2, 0.25) is 11.2 Å². The summed E-state index contributed by atoms with van der Waals surface area (Å²) in [6.45, 7) is 3.17. The summed E-state index contributed by atoms with van der Waals surface area (Å²) in [5.41, 5.74) is -6.69. The summed E-state index contributed by atoms with van der Waals surface area (Å²) in [5.74, 6) is 0. The van der Waals surface area contributed by atoms with Crippen LogP contribution < -0.4 is 4.57 Å². The quantitative estimate of drug-likeness (QED) is 0.160. The minimum Gasteiger partial charge on any atom is -0.166 e. The molecule has 0 amide bonds. The fourth-order valence-corrected chi connectivity index (χ4v) is 4.97. The monoisotopic (exact) mass is 614 g/mol. The molecule has 0 fully saturated rings. The molecule has 0 saturated carbocycles. The number of rotatable bonds is 3. The number of benzene rings is 3. The number of thiazole rings is 1. The van der Waals surface area contributed by atoms with Gasteiger partial charge in [0.25, 0.3) is 0 Å². The van der Waals surface area contributed by atoms with Gasteiger partial charge in [0.1, 0.15) is 0 Å². The molecule has 1 nitrogen and oxygen atoms in total. The van der Waals surface area contributed by atoms with Crippen molar-refractivity contribution in [3.8, 4) is 27.9 Å². The molecule has 0 aliphatic rings. The van der Waals surface area contributed by atoms with Gasteiger partial charge in [0.15, 0.2) is 5.69 Å². The van der Waals surface area contributed by atoms with Gasteiger partial charge in [-0.1, -0.05) is 17.4 Å². The Bertz CT molecular complexity index is 1450. The van der Waals surface area contributed by atoms with E-state index in [4.69, 9.17) is 0 Å². The first-order valence-electron chi connectivity index (χ1n) is 11.4. The predicted molar refractivity (Wildman–Crippen MR) is 126 cm³/mol. The topological polar surface area (TPSA) is 3.88 Å². The fraction of sp³-hybridized carbons (Fsp3) is 0.222. The molecule has 14 heteroatoms. The minimum absolute atomic E-state index is 0.0808. The van der Waals surface area contributed by atoms with Crippen LogP contribution in [0.2, 0.25) is 0 Å². The van der Waals surface area contributed by atoms with Gasteiger partial charge in [-0.05, 0) is 66.6 Å². The van der Waals surface area contributed by atoms with Crippen LogP contribution in [0.4, 0.5) is 52.7 Å². The van der Waals surface area contributed by atoms with E-state index < -0.39 is 58.1 Å². The smallest absolute Gasteiger partial charge is 0.166 e. The number of aromatic nitrogens is 1. The lowest BCUT2D eigenvalue weighted by atomic mass is 9.91. The van der Waals surface area contributed by atoms with E-state index in [0.29, 0.717) is 34.8 Å². The second kappa shape index (κ2) is 10.1. The summed E-state index contributed by atoms with van der Waals surface area (Å²) in [7, 11) is 0. The molecule has 0 N–H and O–H groups in total. The van der Waals surface area contributed by atoms with Crippen molar-refractivity contribution in [2.75, 3.05) is 0 Å². The molecule has 1 aromatic heterocycles. The molecule has 4 aromatic rings. The number of nitrogens with zero attached hydrogens (tertiary/aromatic N) is 1. The highest BCUT2D eigenvalue weighted by Gasteiger charge is 2.40. The van der Waals surface area contributed by atoms with E-state index in [0.717, 1.165) is 29.5 Å². The normalized spacial score (nSPS) is 13.1. The molecule has 1 heterocycles. The molecular weight excluding hydrogens is 598 g/mol. The van der Waals surface area contributed by atoms with E-state index in [1.807, 2.05) is 0 Å². The third kappa shape index (κ3) is 6.21. The second-order valence-electron chi connectivity index (χ2n) is 9.03. The number of hydrogen-bond donors (Lipinski definition) is 0. The molecule has 3 aromatic carbocycles. The highest BCUT2D eigenvalue weighted by Crippen LogP contribution is 2.43. The summed E-state index contributed by atoms with van der Waals surface area (Å²) in [6, 6.07) is 5.04.